The van der Waals surface area contributed by atoms with Crippen molar-refractivity contribution in [2.45, 2.75) is 25.4 Å². The van der Waals surface area contributed by atoms with E-state index in [-0.39, 0.29) is 5.91 Å². The Labute approximate surface area is 100 Å². The van der Waals surface area contributed by atoms with Crippen LogP contribution in [0.5, 0.6) is 0 Å². The zero-order valence-electron chi connectivity index (χ0n) is 9.72. The van der Waals surface area contributed by atoms with Crippen LogP contribution in [0.1, 0.15) is 12.5 Å². The largest absolute Gasteiger partial charge is 0.368 e. The van der Waals surface area contributed by atoms with Crippen molar-refractivity contribution >= 4 is 11.8 Å². The van der Waals surface area contributed by atoms with Crippen LogP contribution >= 0.6 is 0 Å². The average molecular weight is 235 g/mol. The molecule has 1 unspecified atom stereocenters. The number of hydrogen-bond donors (Lipinski definition) is 3. The van der Waals surface area contributed by atoms with Gasteiger partial charge >= 0.3 is 0 Å². The van der Waals surface area contributed by atoms with Gasteiger partial charge in [0.25, 0.3) is 0 Å². The summed E-state index contributed by atoms with van der Waals surface area (Å²) >= 11 is 0. The highest BCUT2D eigenvalue weighted by molar-refractivity contribution is 5.88. The molecule has 2 atom stereocenters. The van der Waals surface area contributed by atoms with Crippen LogP contribution in [-0.2, 0) is 16.0 Å². The van der Waals surface area contributed by atoms with Crippen molar-refractivity contribution in [1.29, 1.82) is 0 Å². The van der Waals surface area contributed by atoms with Crippen LogP contribution in [0, 0.1) is 0 Å². The van der Waals surface area contributed by atoms with Crippen LogP contribution in [0.25, 0.3) is 0 Å². The lowest BCUT2D eigenvalue weighted by molar-refractivity contribution is -0.127. The maximum atomic E-state index is 11.6. The molecule has 5 N–H and O–H groups in total. The van der Waals surface area contributed by atoms with Gasteiger partial charge in [-0.2, -0.15) is 0 Å². The van der Waals surface area contributed by atoms with Crippen LogP contribution in [0.4, 0.5) is 0 Å². The third kappa shape index (κ3) is 4.24. The van der Waals surface area contributed by atoms with E-state index < -0.39 is 18.0 Å². The zero-order chi connectivity index (χ0) is 12.8. The molecule has 17 heavy (non-hydrogen) atoms. The third-order valence-electron chi connectivity index (χ3n) is 2.42. The van der Waals surface area contributed by atoms with E-state index in [0.717, 1.165) is 5.56 Å². The number of nitrogens with two attached hydrogens (primary N) is 2. The number of primary amides is 1. The van der Waals surface area contributed by atoms with Gasteiger partial charge in [-0.05, 0) is 18.9 Å². The molecule has 0 saturated carbocycles. The van der Waals surface area contributed by atoms with Crippen molar-refractivity contribution < 1.29 is 9.59 Å². The highest BCUT2D eigenvalue weighted by Crippen LogP contribution is 2.02. The first-order valence-electron chi connectivity index (χ1n) is 5.40. The van der Waals surface area contributed by atoms with E-state index in [9.17, 15) is 9.59 Å². The number of carbonyl (C=O) groups is 2. The first kappa shape index (κ1) is 13.2. The summed E-state index contributed by atoms with van der Waals surface area (Å²) in [7, 11) is 0. The molecule has 1 rings (SSSR count). The number of rotatable bonds is 5. The molecule has 1 aromatic carbocycles. The van der Waals surface area contributed by atoms with Crippen molar-refractivity contribution in [3.8, 4) is 0 Å². The molecule has 0 bridgehead atoms. The van der Waals surface area contributed by atoms with Crippen LogP contribution in [-0.4, -0.2) is 23.9 Å². The van der Waals surface area contributed by atoms with Crippen molar-refractivity contribution in [1.82, 2.24) is 5.32 Å². The molecule has 5 nitrogen and oxygen atoms in total. The summed E-state index contributed by atoms with van der Waals surface area (Å²) in [5.41, 5.74) is 11.7. The molecule has 0 heterocycles. The molecule has 0 fully saturated rings. The molecule has 92 valence electrons. The van der Waals surface area contributed by atoms with Crippen LogP contribution < -0.4 is 16.8 Å². The summed E-state index contributed by atoms with van der Waals surface area (Å²) in [5, 5.41) is 2.46. The van der Waals surface area contributed by atoms with Gasteiger partial charge in [0.15, 0.2) is 0 Å². The maximum absolute atomic E-state index is 11.6. The smallest absolute Gasteiger partial charge is 0.239 e. The minimum absolute atomic E-state index is 0.375. The molecule has 0 spiro atoms. The van der Waals surface area contributed by atoms with Gasteiger partial charge in [0.2, 0.25) is 11.8 Å². The lowest BCUT2D eigenvalue weighted by atomic mass is 10.1. The number of amides is 2. The maximum Gasteiger partial charge on any atom is 0.239 e. The van der Waals surface area contributed by atoms with Crippen LogP contribution in [0.3, 0.4) is 0 Å². The molecule has 0 aliphatic heterocycles. The van der Waals surface area contributed by atoms with E-state index in [0.29, 0.717) is 6.42 Å². The van der Waals surface area contributed by atoms with Gasteiger partial charge in [0.1, 0.15) is 6.04 Å². The highest BCUT2D eigenvalue weighted by Gasteiger charge is 2.18. The fourth-order valence-corrected chi connectivity index (χ4v) is 1.35. The van der Waals surface area contributed by atoms with Gasteiger partial charge < -0.3 is 16.8 Å². The fraction of sp³-hybridized carbons (Fsp3) is 0.333. The number of carbonyl (C=O) groups excluding carboxylic acids is 2. The Hall–Kier alpha value is -1.88. The Kier molecular flexibility index (Phi) is 4.66. The third-order valence-corrected chi connectivity index (χ3v) is 2.42. The number of nitrogens with one attached hydrogen (secondary N) is 1. The molecular weight excluding hydrogens is 218 g/mol. The normalized spacial score (nSPS) is 13.8. The monoisotopic (exact) mass is 235 g/mol. The predicted octanol–water partition coefficient (Wildman–Crippen LogP) is -0.454. The Balaban J connectivity index is 2.50. The first-order chi connectivity index (χ1) is 8.00. The fourth-order valence-electron chi connectivity index (χ4n) is 1.35. The first-order valence-corrected chi connectivity index (χ1v) is 5.40. The molecule has 2 amide bonds. The molecule has 0 radical (unpaired) electrons. The van der Waals surface area contributed by atoms with Crippen molar-refractivity contribution in [2.24, 2.45) is 11.5 Å². The second-order valence-electron chi connectivity index (χ2n) is 3.93. The summed E-state index contributed by atoms with van der Waals surface area (Å²) in [6.45, 7) is 1.52. The molecule has 5 heteroatoms. The lowest BCUT2D eigenvalue weighted by Crippen LogP contribution is -2.49. The summed E-state index contributed by atoms with van der Waals surface area (Å²) in [4.78, 5) is 22.4. The molecule has 0 aromatic heterocycles. The van der Waals surface area contributed by atoms with Gasteiger partial charge in [-0.3, -0.25) is 9.59 Å². The van der Waals surface area contributed by atoms with Gasteiger partial charge in [-0.15, -0.1) is 0 Å². The van der Waals surface area contributed by atoms with Gasteiger partial charge in [-0.1, -0.05) is 30.3 Å². The Morgan fingerprint density at radius 2 is 1.88 bits per heavy atom. The van der Waals surface area contributed by atoms with Crippen LogP contribution in [0.2, 0.25) is 0 Å². The number of hydrogen-bond acceptors (Lipinski definition) is 3. The summed E-state index contributed by atoms with van der Waals surface area (Å²) < 4.78 is 0. The average Bonchev–Trinajstić information content (AvgIpc) is 2.29. The standard InChI is InChI=1S/C12H17N3O2/c1-8(11(14)16)15-12(17)10(13)7-9-5-3-2-4-6-9/h2-6,8,10H,7,13H2,1H3,(H2,14,16)(H,15,17)/t8?,10-/m1/s1. The Morgan fingerprint density at radius 3 is 2.41 bits per heavy atom. The Bertz CT molecular complexity index is 392. The van der Waals surface area contributed by atoms with E-state index in [4.69, 9.17) is 11.5 Å². The molecule has 1 aromatic rings. The SMILES string of the molecule is CC(NC(=O)[C@H](N)Cc1ccccc1)C(N)=O. The quantitative estimate of drug-likeness (QED) is 0.644. The van der Waals surface area contributed by atoms with Gasteiger partial charge in [0, 0.05) is 0 Å². The summed E-state index contributed by atoms with van der Waals surface area (Å²) in [6.07, 6.45) is 0.429. The minimum Gasteiger partial charge on any atom is -0.368 e. The van der Waals surface area contributed by atoms with E-state index >= 15 is 0 Å². The van der Waals surface area contributed by atoms with Gasteiger partial charge in [-0.25, -0.2) is 0 Å². The molecule has 0 saturated heterocycles. The van der Waals surface area contributed by atoms with E-state index in [1.807, 2.05) is 30.3 Å². The summed E-state index contributed by atoms with van der Waals surface area (Å²) in [6, 6.07) is 8.06. The lowest BCUT2D eigenvalue weighted by Gasteiger charge is -2.15. The molecule has 0 aliphatic rings. The van der Waals surface area contributed by atoms with Crippen molar-refractivity contribution in [3.05, 3.63) is 35.9 Å². The van der Waals surface area contributed by atoms with E-state index in [1.165, 1.54) is 6.92 Å². The second-order valence-corrected chi connectivity index (χ2v) is 3.93. The highest BCUT2D eigenvalue weighted by atomic mass is 16.2. The zero-order valence-corrected chi connectivity index (χ0v) is 9.72. The minimum atomic E-state index is -0.704. The van der Waals surface area contributed by atoms with E-state index in [2.05, 4.69) is 5.32 Å². The van der Waals surface area contributed by atoms with Crippen LogP contribution in [0.15, 0.2) is 30.3 Å². The van der Waals surface area contributed by atoms with E-state index in [1.54, 1.807) is 0 Å². The van der Waals surface area contributed by atoms with Crippen molar-refractivity contribution in [3.63, 3.8) is 0 Å². The Morgan fingerprint density at radius 1 is 1.29 bits per heavy atom. The summed E-state index contributed by atoms with van der Waals surface area (Å²) in [5.74, 6) is -0.953. The molecule has 0 aliphatic carbocycles. The molecular formula is C12H17N3O2. The topological polar surface area (TPSA) is 98.2 Å². The second kappa shape index (κ2) is 6.00. The predicted molar refractivity (Wildman–Crippen MR) is 64.9 cm³/mol. The van der Waals surface area contributed by atoms with Gasteiger partial charge in [0.05, 0.1) is 6.04 Å². The van der Waals surface area contributed by atoms with Crippen molar-refractivity contribution in [2.75, 3.05) is 0 Å². The number of benzene rings is 1.